The van der Waals surface area contributed by atoms with Gasteiger partial charge in [0.2, 0.25) is 0 Å². The number of methoxy groups -OCH3 is 1. The van der Waals surface area contributed by atoms with Gasteiger partial charge < -0.3 is 9.30 Å². The molecule has 0 amide bonds. The van der Waals surface area contributed by atoms with E-state index in [2.05, 4.69) is 20.6 Å². The Labute approximate surface area is 167 Å². The Bertz CT molecular complexity index is 1140. The molecule has 0 aliphatic rings. The molecule has 0 aliphatic heterocycles. The molecule has 0 unspecified atom stereocenters. The third-order valence-corrected chi connectivity index (χ3v) is 5.16. The molecule has 2 heterocycles. The highest BCUT2D eigenvalue weighted by molar-refractivity contribution is 6.33. The molecule has 6 heteroatoms. The highest BCUT2D eigenvalue weighted by Gasteiger charge is 2.12. The molecule has 0 saturated heterocycles. The number of aromatic nitrogens is 3. The van der Waals surface area contributed by atoms with Crippen molar-refractivity contribution in [3.8, 4) is 16.9 Å². The van der Waals surface area contributed by atoms with Crippen LogP contribution >= 0.6 is 23.2 Å². The second-order valence-electron chi connectivity index (χ2n) is 6.30. The maximum atomic E-state index is 6.36. The summed E-state index contributed by atoms with van der Waals surface area (Å²) in [6.07, 6.45) is 3.52. The van der Waals surface area contributed by atoms with Crippen molar-refractivity contribution < 1.29 is 4.74 Å². The summed E-state index contributed by atoms with van der Waals surface area (Å²) in [4.78, 5) is 8.93. The van der Waals surface area contributed by atoms with Gasteiger partial charge in [0.1, 0.15) is 11.6 Å². The molecular formula is C21H17Cl2N3O. The van der Waals surface area contributed by atoms with Crippen LogP contribution < -0.4 is 4.74 Å². The van der Waals surface area contributed by atoms with Crippen molar-refractivity contribution in [1.82, 2.24) is 14.5 Å². The number of imidazole rings is 1. The molecule has 4 nitrogen and oxygen atoms in total. The summed E-state index contributed by atoms with van der Waals surface area (Å²) in [6.45, 7) is 2.59. The average molecular weight is 398 g/mol. The molecule has 0 radical (unpaired) electrons. The van der Waals surface area contributed by atoms with Crippen LogP contribution in [-0.2, 0) is 6.54 Å². The maximum absolute atomic E-state index is 6.36. The smallest absolute Gasteiger partial charge is 0.137 e. The van der Waals surface area contributed by atoms with Crippen LogP contribution in [-0.4, -0.2) is 21.6 Å². The SMILES string of the molecule is COc1cncc(-c2ccc3nc(C)n(Cc4cc(Cl)ccc4Cl)c3c2)c1. The maximum Gasteiger partial charge on any atom is 0.137 e. The van der Waals surface area contributed by atoms with Gasteiger partial charge in [-0.05, 0) is 54.4 Å². The first-order chi connectivity index (χ1) is 13.0. The molecule has 2 aromatic heterocycles. The zero-order chi connectivity index (χ0) is 19.0. The third-order valence-electron chi connectivity index (χ3n) is 4.56. The Kier molecular flexibility index (Phi) is 4.77. The van der Waals surface area contributed by atoms with Crippen LogP contribution in [0.15, 0.2) is 54.9 Å². The van der Waals surface area contributed by atoms with Crippen molar-refractivity contribution >= 4 is 34.2 Å². The molecule has 0 aliphatic carbocycles. The second kappa shape index (κ2) is 7.22. The molecule has 2 aromatic carbocycles. The van der Waals surface area contributed by atoms with Gasteiger partial charge in [0.15, 0.2) is 0 Å². The number of hydrogen-bond acceptors (Lipinski definition) is 3. The minimum absolute atomic E-state index is 0.599. The van der Waals surface area contributed by atoms with Crippen LogP contribution in [0.4, 0.5) is 0 Å². The Hall–Kier alpha value is -2.56. The van der Waals surface area contributed by atoms with Gasteiger partial charge in [0, 0.05) is 21.8 Å². The molecule has 27 heavy (non-hydrogen) atoms. The lowest BCUT2D eigenvalue weighted by Gasteiger charge is -2.10. The minimum Gasteiger partial charge on any atom is -0.495 e. The summed E-state index contributed by atoms with van der Waals surface area (Å²) in [5, 5.41) is 1.36. The highest BCUT2D eigenvalue weighted by atomic mass is 35.5. The van der Waals surface area contributed by atoms with E-state index in [4.69, 9.17) is 27.9 Å². The lowest BCUT2D eigenvalue weighted by Crippen LogP contribution is -2.02. The largest absolute Gasteiger partial charge is 0.495 e. The number of nitrogens with zero attached hydrogens (tertiary/aromatic N) is 3. The van der Waals surface area contributed by atoms with E-state index in [1.165, 1.54) is 0 Å². The Morgan fingerprint density at radius 2 is 1.85 bits per heavy atom. The van der Waals surface area contributed by atoms with Gasteiger partial charge in [-0.2, -0.15) is 0 Å². The number of aryl methyl sites for hydroxylation is 1. The Morgan fingerprint density at radius 3 is 2.67 bits per heavy atom. The van der Waals surface area contributed by atoms with E-state index in [1.807, 2.05) is 43.5 Å². The molecule has 0 spiro atoms. The summed E-state index contributed by atoms with van der Waals surface area (Å²) in [5.74, 6) is 1.64. The van der Waals surface area contributed by atoms with Crippen molar-refractivity contribution in [3.05, 3.63) is 76.3 Å². The molecule has 0 N–H and O–H groups in total. The summed E-state index contributed by atoms with van der Waals surface area (Å²) < 4.78 is 7.43. The monoisotopic (exact) mass is 397 g/mol. The number of halogens is 2. The van der Waals surface area contributed by atoms with Gasteiger partial charge >= 0.3 is 0 Å². The fourth-order valence-corrected chi connectivity index (χ4v) is 3.52. The zero-order valence-electron chi connectivity index (χ0n) is 14.9. The van der Waals surface area contributed by atoms with Gasteiger partial charge in [-0.3, -0.25) is 4.98 Å². The summed E-state index contributed by atoms with van der Waals surface area (Å²) in [6, 6.07) is 13.7. The van der Waals surface area contributed by atoms with Gasteiger partial charge in [0.25, 0.3) is 0 Å². The molecule has 0 atom stereocenters. The fourth-order valence-electron chi connectivity index (χ4n) is 3.15. The molecule has 4 aromatic rings. The first-order valence-corrected chi connectivity index (χ1v) is 9.21. The normalized spacial score (nSPS) is 11.1. The summed E-state index contributed by atoms with van der Waals surface area (Å²) in [7, 11) is 1.64. The molecule has 0 fully saturated rings. The Morgan fingerprint density at radius 1 is 1.00 bits per heavy atom. The van der Waals surface area contributed by atoms with Crippen LogP contribution in [0.3, 0.4) is 0 Å². The van der Waals surface area contributed by atoms with Crippen molar-refractivity contribution in [2.24, 2.45) is 0 Å². The van der Waals surface area contributed by atoms with E-state index in [9.17, 15) is 0 Å². The number of rotatable bonds is 4. The van der Waals surface area contributed by atoms with Crippen LogP contribution in [0.25, 0.3) is 22.2 Å². The molecule has 4 rings (SSSR count). The van der Waals surface area contributed by atoms with E-state index in [1.54, 1.807) is 19.4 Å². The predicted octanol–water partition coefficient (Wildman–Crippen LogP) is 5.77. The lowest BCUT2D eigenvalue weighted by atomic mass is 10.1. The highest BCUT2D eigenvalue weighted by Crippen LogP contribution is 2.28. The van der Waals surface area contributed by atoms with Crippen LogP contribution in [0.1, 0.15) is 11.4 Å². The van der Waals surface area contributed by atoms with E-state index in [0.29, 0.717) is 16.6 Å². The molecular weight excluding hydrogens is 381 g/mol. The Balaban J connectivity index is 1.81. The second-order valence-corrected chi connectivity index (χ2v) is 7.14. The molecule has 136 valence electrons. The number of benzene rings is 2. The molecule has 0 bridgehead atoms. The average Bonchev–Trinajstić information content (AvgIpc) is 2.99. The number of pyridine rings is 1. The van der Waals surface area contributed by atoms with E-state index < -0.39 is 0 Å². The van der Waals surface area contributed by atoms with E-state index in [-0.39, 0.29) is 0 Å². The minimum atomic E-state index is 0.599. The number of hydrogen-bond donors (Lipinski definition) is 0. The van der Waals surface area contributed by atoms with Crippen molar-refractivity contribution in [2.75, 3.05) is 7.11 Å². The van der Waals surface area contributed by atoms with Crippen molar-refractivity contribution in [3.63, 3.8) is 0 Å². The first kappa shape index (κ1) is 17.8. The first-order valence-electron chi connectivity index (χ1n) is 8.45. The van der Waals surface area contributed by atoms with Crippen molar-refractivity contribution in [1.29, 1.82) is 0 Å². The topological polar surface area (TPSA) is 39.9 Å². The quantitative estimate of drug-likeness (QED) is 0.438. The van der Waals surface area contributed by atoms with Gasteiger partial charge in [-0.15, -0.1) is 0 Å². The van der Waals surface area contributed by atoms with Crippen molar-refractivity contribution in [2.45, 2.75) is 13.5 Å². The van der Waals surface area contributed by atoms with Crippen LogP contribution in [0, 0.1) is 6.92 Å². The number of fused-ring (bicyclic) bond motifs is 1. The standard InChI is InChI=1S/C21H17Cl2N3O/c1-13-25-20-6-3-14(15-8-18(27-2)11-24-10-15)9-21(20)26(13)12-16-7-17(22)4-5-19(16)23/h3-11H,12H2,1-2H3. The van der Waals surface area contributed by atoms with E-state index in [0.717, 1.165) is 39.3 Å². The predicted molar refractivity (Wildman–Crippen MR) is 110 cm³/mol. The van der Waals surface area contributed by atoms with Crippen LogP contribution in [0.2, 0.25) is 10.0 Å². The van der Waals surface area contributed by atoms with Gasteiger partial charge in [-0.1, -0.05) is 29.3 Å². The van der Waals surface area contributed by atoms with Crippen LogP contribution in [0.5, 0.6) is 5.75 Å². The summed E-state index contributed by atoms with van der Waals surface area (Å²) in [5.41, 5.74) is 4.96. The lowest BCUT2D eigenvalue weighted by molar-refractivity contribution is 0.413. The fraction of sp³-hybridized carbons (Fsp3) is 0.143. The molecule has 0 saturated carbocycles. The number of ether oxygens (including phenoxy) is 1. The van der Waals surface area contributed by atoms with Gasteiger partial charge in [0.05, 0.1) is 30.9 Å². The third kappa shape index (κ3) is 3.51. The van der Waals surface area contributed by atoms with E-state index >= 15 is 0 Å². The van der Waals surface area contributed by atoms with Gasteiger partial charge in [-0.25, -0.2) is 4.98 Å². The zero-order valence-corrected chi connectivity index (χ0v) is 16.4. The summed E-state index contributed by atoms with van der Waals surface area (Å²) >= 11 is 12.5.